The van der Waals surface area contributed by atoms with Crippen LogP contribution in [0.3, 0.4) is 0 Å². The van der Waals surface area contributed by atoms with E-state index in [2.05, 4.69) is 62.1 Å². The zero-order valence-corrected chi connectivity index (χ0v) is 20.2. The molecular formula is C22H49N6+. The van der Waals surface area contributed by atoms with E-state index in [9.17, 15) is 0 Å². The third-order valence-electron chi connectivity index (χ3n) is 5.49. The molecule has 1 N–H and O–H groups in total. The van der Waals surface area contributed by atoms with E-state index in [1.807, 2.05) is 14.1 Å². The third kappa shape index (κ3) is 8.38. The van der Waals surface area contributed by atoms with Gasteiger partial charge in [0, 0.05) is 34.7 Å². The summed E-state index contributed by atoms with van der Waals surface area (Å²) in [6.45, 7) is 13.5. The molecule has 0 heterocycles. The van der Waals surface area contributed by atoms with E-state index in [0.717, 1.165) is 43.0 Å². The second kappa shape index (κ2) is 15.6. The standard InChI is InChI=1S/C22H49N6/c1-9-13-17-25-22(27(8)26(7)21(23-5)24-6)28(18-14-10-2,19-15-11-3)20-16-12-4/h9-20H2,1-8H3,(H,23,24)/q+1. The van der Waals surface area contributed by atoms with Crippen LogP contribution in [0.2, 0.25) is 0 Å². The minimum atomic E-state index is 0.852. The van der Waals surface area contributed by atoms with Crippen LogP contribution >= 0.6 is 0 Å². The van der Waals surface area contributed by atoms with Crippen molar-refractivity contribution in [3.05, 3.63) is 0 Å². The summed E-state index contributed by atoms with van der Waals surface area (Å²) >= 11 is 0. The molecular weight excluding hydrogens is 348 g/mol. The van der Waals surface area contributed by atoms with Crippen molar-refractivity contribution in [2.75, 3.05) is 54.4 Å². The van der Waals surface area contributed by atoms with E-state index in [1.54, 1.807) is 0 Å². The number of hydrogen-bond donors (Lipinski definition) is 1. The predicted molar refractivity (Wildman–Crippen MR) is 125 cm³/mol. The number of nitrogens with one attached hydrogen (secondary N) is 1. The number of hydrogen-bond acceptors (Lipinski definition) is 2. The first-order valence-electron chi connectivity index (χ1n) is 11.5. The highest BCUT2D eigenvalue weighted by molar-refractivity contribution is 5.82. The molecule has 0 unspecified atom stereocenters. The monoisotopic (exact) mass is 397 g/mol. The van der Waals surface area contributed by atoms with Gasteiger partial charge in [-0.05, 0) is 25.7 Å². The first-order chi connectivity index (χ1) is 13.5. The summed E-state index contributed by atoms with van der Waals surface area (Å²) in [7, 11) is 7.97. The zero-order valence-electron chi connectivity index (χ0n) is 20.2. The van der Waals surface area contributed by atoms with Crippen molar-refractivity contribution in [2.45, 2.75) is 79.1 Å². The highest BCUT2D eigenvalue weighted by Gasteiger charge is 2.37. The van der Waals surface area contributed by atoms with Crippen LogP contribution in [0, 0.1) is 0 Å². The van der Waals surface area contributed by atoms with Gasteiger partial charge in [0.05, 0.1) is 19.6 Å². The zero-order chi connectivity index (χ0) is 21.4. The molecule has 0 fully saturated rings. The van der Waals surface area contributed by atoms with E-state index < -0.39 is 0 Å². The molecule has 6 nitrogen and oxygen atoms in total. The fourth-order valence-corrected chi connectivity index (χ4v) is 3.61. The highest BCUT2D eigenvalue weighted by Crippen LogP contribution is 2.20. The highest BCUT2D eigenvalue weighted by atomic mass is 15.7. The van der Waals surface area contributed by atoms with Crippen LogP contribution < -0.4 is 5.32 Å². The molecule has 28 heavy (non-hydrogen) atoms. The van der Waals surface area contributed by atoms with Gasteiger partial charge in [0.1, 0.15) is 0 Å². The van der Waals surface area contributed by atoms with Crippen molar-refractivity contribution in [3.8, 4) is 0 Å². The summed E-state index contributed by atoms with van der Waals surface area (Å²) in [5.74, 6) is 2.05. The Balaban J connectivity index is 6.12. The molecule has 0 saturated carbocycles. The molecule has 0 aromatic heterocycles. The molecule has 0 aliphatic rings. The Hall–Kier alpha value is -1.30. The van der Waals surface area contributed by atoms with Crippen LogP contribution in [0.15, 0.2) is 9.98 Å². The lowest BCUT2D eigenvalue weighted by molar-refractivity contribution is -0.849. The Morgan fingerprint density at radius 3 is 1.61 bits per heavy atom. The van der Waals surface area contributed by atoms with Gasteiger partial charge in [-0.2, -0.15) is 0 Å². The predicted octanol–water partition coefficient (Wildman–Crippen LogP) is 4.34. The lowest BCUT2D eigenvalue weighted by atomic mass is 10.1. The molecule has 6 heteroatoms. The first-order valence-corrected chi connectivity index (χ1v) is 11.5. The van der Waals surface area contributed by atoms with E-state index >= 15 is 0 Å². The van der Waals surface area contributed by atoms with Gasteiger partial charge in [0.25, 0.3) is 0 Å². The maximum absolute atomic E-state index is 5.21. The van der Waals surface area contributed by atoms with Crippen molar-refractivity contribution in [1.82, 2.24) is 15.3 Å². The van der Waals surface area contributed by atoms with E-state index in [-0.39, 0.29) is 0 Å². The molecule has 0 amide bonds. The normalized spacial score (nSPS) is 13.0. The van der Waals surface area contributed by atoms with E-state index in [4.69, 9.17) is 4.99 Å². The summed E-state index contributed by atoms with van der Waals surface area (Å²) in [5.41, 5.74) is 0. The van der Waals surface area contributed by atoms with Crippen molar-refractivity contribution in [1.29, 1.82) is 0 Å². The topological polar surface area (TPSA) is 43.2 Å². The Morgan fingerprint density at radius 2 is 1.25 bits per heavy atom. The van der Waals surface area contributed by atoms with Gasteiger partial charge < -0.3 is 5.32 Å². The van der Waals surface area contributed by atoms with Crippen molar-refractivity contribution in [2.24, 2.45) is 9.98 Å². The quantitative estimate of drug-likeness (QED) is 0.175. The van der Waals surface area contributed by atoms with Gasteiger partial charge in [-0.3, -0.25) is 14.5 Å². The average Bonchev–Trinajstić information content (AvgIpc) is 2.71. The Bertz CT molecular complexity index is 425. The molecule has 0 bridgehead atoms. The van der Waals surface area contributed by atoms with Crippen LogP contribution in [-0.4, -0.2) is 80.8 Å². The fraction of sp³-hybridized carbons (Fsp3) is 0.909. The van der Waals surface area contributed by atoms with Gasteiger partial charge in [-0.15, -0.1) is 0 Å². The van der Waals surface area contributed by atoms with Crippen LogP contribution in [0.25, 0.3) is 0 Å². The molecule has 0 aliphatic heterocycles. The second-order valence-electron chi connectivity index (χ2n) is 7.76. The van der Waals surface area contributed by atoms with E-state index in [0.29, 0.717) is 0 Å². The van der Waals surface area contributed by atoms with Crippen molar-refractivity contribution < 1.29 is 4.48 Å². The molecule has 0 aliphatic carbocycles. The Morgan fingerprint density at radius 1 is 0.786 bits per heavy atom. The van der Waals surface area contributed by atoms with Gasteiger partial charge in [-0.25, -0.2) is 10.0 Å². The van der Waals surface area contributed by atoms with Gasteiger partial charge in [-0.1, -0.05) is 53.4 Å². The Kier molecular flexibility index (Phi) is 14.9. The molecule has 0 saturated heterocycles. The Labute approximate surface area is 175 Å². The molecule has 166 valence electrons. The minimum Gasteiger partial charge on any atom is -0.358 e. The second-order valence-corrected chi connectivity index (χ2v) is 7.76. The lowest BCUT2D eigenvalue weighted by Gasteiger charge is -2.44. The van der Waals surface area contributed by atoms with Gasteiger partial charge >= 0.3 is 5.96 Å². The summed E-state index contributed by atoms with van der Waals surface area (Å²) < 4.78 is 0.987. The third-order valence-corrected chi connectivity index (χ3v) is 5.49. The summed E-state index contributed by atoms with van der Waals surface area (Å²) in [5, 5.41) is 7.54. The first kappa shape index (κ1) is 26.7. The van der Waals surface area contributed by atoms with E-state index in [1.165, 1.54) is 50.9 Å². The summed E-state index contributed by atoms with van der Waals surface area (Å²) in [4.78, 5) is 9.61. The minimum absolute atomic E-state index is 0.852. The van der Waals surface area contributed by atoms with Crippen LogP contribution in [0.4, 0.5) is 0 Å². The van der Waals surface area contributed by atoms with Crippen LogP contribution in [-0.2, 0) is 0 Å². The lowest BCUT2D eigenvalue weighted by Crippen LogP contribution is -2.64. The van der Waals surface area contributed by atoms with Crippen molar-refractivity contribution >= 4 is 11.9 Å². The molecule has 0 atom stereocenters. The number of quaternary nitrogens is 1. The number of hydrazine groups is 1. The molecule has 0 rings (SSSR count). The molecule has 0 spiro atoms. The molecule has 0 aromatic rings. The van der Waals surface area contributed by atoms with Gasteiger partial charge in [0.2, 0.25) is 5.96 Å². The summed E-state index contributed by atoms with van der Waals surface area (Å²) in [6, 6.07) is 0. The molecule has 0 radical (unpaired) electrons. The smallest absolute Gasteiger partial charge is 0.319 e. The maximum Gasteiger partial charge on any atom is 0.319 e. The number of unbranched alkanes of at least 4 members (excludes halogenated alkanes) is 4. The maximum atomic E-state index is 5.21. The van der Waals surface area contributed by atoms with Crippen LogP contribution in [0.1, 0.15) is 79.1 Å². The van der Waals surface area contributed by atoms with Crippen LogP contribution in [0.5, 0.6) is 0 Å². The average molecular weight is 398 g/mol. The number of aliphatic imine (C=N–C) groups is 2. The fourth-order valence-electron chi connectivity index (χ4n) is 3.61. The number of guanidine groups is 2. The number of rotatable bonds is 12. The van der Waals surface area contributed by atoms with Crippen molar-refractivity contribution in [3.63, 3.8) is 0 Å². The number of nitrogens with zero attached hydrogens (tertiary/aromatic N) is 5. The largest absolute Gasteiger partial charge is 0.358 e. The summed E-state index contributed by atoms with van der Waals surface area (Å²) in [6.07, 6.45) is 9.68. The van der Waals surface area contributed by atoms with Gasteiger partial charge in [0.15, 0.2) is 0 Å². The SMILES string of the molecule is CCCCN=C(N(C)N(C)C(=NC)NC)[N+](CCCC)(CCCC)CCCC. The molecule has 0 aromatic carbocycles.